The molecule has 1 aromatic heterocycles. The van der Waals surface area contributed by atoms with E-state index < -0.39 is 0 Å². The van der Waals surface area contributed by atoms with Gasteiger partial charge in [-0.1, -0.05) is 17.7 Å². The molecule has 3 nitrogen and oxygen atoms in total. The second kappa shape index (κ2) is 5.34. The van der Waals surface area contributed by atoms with Crippen LogP contribution in [0.4, 0.5) is 0 Å². The van der Waals surface area contributed by atoms with Gasteiger partial charge in [0.1, 0.15) is 5.82 Å². The van der Waals surface area contributed by atoms with Gasteiger partial charge in [-0.25, -0.2) is 4.98 Å². The number of aryl methyl sites for hydroxylation is 1. The Morgan fingerprint density at radius 1 is 1.41 bits per heavy atom. The van der Waals surface area contributed by atoms with Crippen LogP contribution in [0.3, 0.4) is 0 Å². The third-order valence-electron chi connectivity index (χ3n) is 2.74. The fourth-order valence-corrected chi connectivity index (χ4v) is 2.08. The molecular formula is C13H16ClN3. The van der Waals surface area contributed by atoms with E-state index in [1.807, 2.05) is 37.6 Å². The molecule has 1 N–H and O–H groups in total. The Hall–Kier alpha value is -1.32. The van der Waals surface area contributed by atoms with Crippen molar-refractivity contribution in [3.63, 3.8) is 0 Å². The lowest BCUT2D eigenvalue weighted by molar-refractivity contribution is 0.765. The molecule has 0 aliphatic heterocycles. The summed E-state index contributed by atoms with van der Waals surface area (Å²) in [5, 5.41) is 3.90. The number of nitrogens with one attached hydrogen (secondary N) is 1. The van der Waals surface area contributed by atoms with E-state index in [0.717, 1.165) is 29.5 Å². The van der Waals surface area contributed by atoms with Gasteiger partial charge in [-0.15, -0.1) is 0 Å². The molecule has 0 radical (unpaired) electrons. The highest BCUT2D eigenvalue weighted by atomic mass is 35.5. The van der Waals surface area contributed by atoms with Gasteiger partial charge in [-0.05, 0) is 31.7 Å². The van der Waals surface area contributed by atoms with E-state index in [1.54, 1.807) is 0 Å². The molecule has 0 atom stereocenters. The zero-order valence-corrected chi connectivity index (χ0v) is 10.8. The first kappa shape index (κ1) is 12.1. The van der Waals surface area contributed by atoms with Crippen molar-refractivity contribution in [2.75, 3.05) is 7.05 Å². The van der Waals surface area contributed by atoms with Gasteiger partial charge in [0, 0.05) is 36.1 Å². The third kappa shape index (κ3) is 2.51. The minimum atomic E-state index is 0.741. The van der Waals surface area contributed by atoms with Gasteiger partial charge in [0.05, 0.1) is 0 Å². The smallest absolute Gasteiger partial charge is 0.140 e. The molecule has 1 aromatic carbocycles. The van der Waals surface area contributed by atoms with Crippen LogP contribution in [-0.2, 0) is 13.1 Å². The predicted molar refractivity (Wildman–Crippen MR) is 71.1 cm³/mol. The van der Waals surface area contributed by atoms with E-state index in [2.05, 4.69) is 21.8 Å². The standard InChI is InChI=1S/C13H16ClN3/c1-3-17-7-6-16-13(17)12-8-11(14)5-4-10(12)9-15-2/h4-8,15H,3,9H2,1-2H3. The van der Waals surface area contributed by atoms with Crippen molar-refractivity contribution in [2.24, 2.45) is 0 Å². The van der Waals surface area contributed by atoms with Crippen LogP contribution in [0.25, 0.3) is 11.4 Å². The van der Waals surface area contributed by atoms with Crippen LogP contribution in [0.1, 0.15) is 12.5 Å². The summed E-state index contributed by atoms with van der Waals surface area (Å²) in [5.74, 6) is 0.972. The van der Waals surface area contributed by atoms with Crippen LogP contribution >= 0.6 is 11.6 Å². The molecule has 0 unspecified atom stereocenters. The van der Waals surface area contributed by atoms with Crippen molar-refractivity contribution in [3.05, 3.63) is 41.2 Å². The maximum Gasteiger partial charge on any atom is 0.140 e. The second-order valence-electron chi connectivity index (χ2n) is 3.87. The lowest BCUT2D eigenvalue weighted by atomic mass is 10.1. The zero-order chi connectivity index (χ0) is 12.3. The molecule has 17 heavy (non-hydrogen) atoms. The molecule has 2 aromatic rings. The van der Waals surface area contributed by atoms with Crippen LogP contribution in [0.15, 0.2) is 30.6 Å². The van der Waals surface area contributed by atoms with Crippen molar-refractivity contribution in [1.29, 1.82) is 0 Å². The van der Waals surface area contributed by atoms with Gasteiger partial charge in [0.2, 0.25) is 0 Å². The van der Waals surface area contributed by atoms with Gasteiger partial charge in [-0.2, -0.15) is 0 Å². The van der Waals surface area contributed by atoms with Crippen molar-refractivity contribution < 1.29 is 0 Å². The van der Waals surface area contributed by atoms with Crippen LogP contribution in [0.5, 0.6) is 0 Å². The topological polar surface area (TPSA) is 29.9 Å². The normalized spacial score (nSPS) is 10.8. The quantitative estimate of drug-likeness (QED) is 0.903. The Kier molecular flexibility index (Phi) is 3.82. The molecule has 2 rings (SSSR count). The predicted octanol–water partition coefficient (Wildman–Crippen LogP) is 2.94. The highest BCUT2D eigenvalue weighted by Crippen LogP contribution is 2.25. The van der Waals surface area contributed by atoms with Crippen LogP contribution in [-0.4, -0.2) is 16.6 Å². The first-order chi connectivity index (χ1) is 8.26. The van der Waals surface area contributed by atoms with Gasteiger partial charge in [0.15, 0.2) is 0 Å². The molecule has 0 saturated carbocycles. The maximum absolute atomic E-state index is 6.07. The van der Waals surface area contributed by atoms with Gasteiger partial charge in [-0.3, -0.25) is 0 Å². The largest absolute Gasteiger partial charge is 0.331 e. The molecule has 0 aliphatic rings. The molecule has 1 heterocycles. The minimum Gasteiger partial charge on any atom is -0.331 e. The number of imidazole rings is 1. The summed E-state index contributed by atoms with van der Waals surface area (Å²) >= 11 is 6.07. The molecular weight excluding hydrogens is 234 g/mol. The summed E-state index contributed by atoms with van der Waals surface area (Å²) in [6, 6.07) is 5.93. The zero-order valence-electron chi connectivity index (χ0n) is 10.1. The highest BCUT2D eigenvalue weighted by molar-refractivity contribution is 6.30. The van der Waals surface area contributed by atoms with Crippen LogP contribution < -0.4 is 5.32 Å². The maximum atomic E-state index is 6.07. The molecule has 0 fully saturated rings. The van der Waals surface area contributed by atoms with Gasteiger partial charge in [0.25, 0.3) is 0 Å². The Morgan fingerprint density at radius 2 is 2.24 bits per heavy atom. The third-order valence-corrected chi connectivity index (χ3v) is 2.97. The molecule has 0 spiro atoms. The van der Waals surface area contributed by atoms with E-state index in [4.69, 9.17) is 11.6 Å². The first-order valence-corrected chi connectivity index (χ1v) is 6.08. The summed E-state index contributed by atoms with van der Waals surface area (Å²) in [7, 11) is 1.94. The molecule has 0 bridgehead atoms. The Bertz CT molecular complexity index is 505. The van der Waals surface area contributed by atoms with E-state index in [1.165, 1.54) is 5.56 Å². The molecule has 90 valence electrons. The van der Waals surface area contributed by atoms with E-state index in [-0.39, 0.29) is 0 Å². The lowest BCUT2D eigenvalue weighted by Crippen LogP contribution is -2.08. The molecule has 4 heteroatoms. The number of aromatic nitrogens is 2. The van der Waals surface area contributed by atoms with Crippen molar-refractivity contribution >= 4 is 11.6 Å². The average Bonchev–Trinajstić information content (AvgIpc) is 2.79. The Labute approximate surface area is 106 Å². The summed E-state index contributed by atoms with van der Waals surface area (Å²) in [5.41, 5.74) is 2.30. The summed E-state index contributed by atoms with van der Waals surface area (Å²) < 4.78 is 2.12. The monoisotopic (exact) mass is 249 g/mol. The summed E-state index contributed by atoms with van der Waals surface area (Å²) in [6.07, 6.45) is 3.81. The summed E-state index contributed by atoms with van der Waals surface area (Å²) in [4.78, 5) is 4.42. The van der Waals surface area contributed by atoms with Gasteiger partial charge < -0.3 is 9.88 Å². The van der Waals surface area contributed by atoms with E-state index in [0.29, 0.717) is 0 Å². The van der Waals surface area contributed by atoms with E-state index >= 15 is 0 Å². The fraction of sp³-hybridized carbons (Fsp3) is 0.308. The number of benzene rings is 1. The summed E-state index contributed by atoms with van der Waals surface area (Å²) in [6.45, 7) is 3.82. The second-order valence-corrected chi connectivity index (χ2v) is 4.31. The number of rotatable bonds is 4. The Morgan fingerprint density at radius 3 is 2.94 bits per heavy atom. The van der Waals surface area contributed by atoms with Gasteiger partial charge >= 0.3 is 0 Å². The number of halogens is 1. The Balaban J connectivity index is 2.52. The highest BCUT2D eigenvalue weighted by Gasteiger charge is 2.10. The van der Waals surface area contributed by atoms with Crippen molar-refractivity contribution in [3.8, 4) is 11.4 Å². The SMILES string of the molecule is CCn1ccnc1-c1cc(Cl)ccc1CNC. The van der Waals surface area contributed by atoms with Crippen molar-refractivity contribution in [1.82, 2.24) is 14.9 Å². The molecule has 0 aliphatic carbocycles. The number of hydrogen-bond donors (Lipinski definition) is 1. The molecule has 0 amide bonds. The minimum absolute atomic E-state index is 0.741. The number of hydrogen-bond acceptors (Lipinski definition) is 2. The fourth-order valence-electron chi connectivity index (χ4n) is 1.91. The van der Waals surface area contributed by atoms with Crippen LogP contribution in [0.2, 0.25) is 5.02 Å². The lowest BCUT2D eigenvalue weighted by Gasteiger charge is -2.11. The first-order valence-electron chi connectivity index (χ1n) is 5.70. The molecule has 0 saturated heterocycles. The van der Waals surface area contributed by atoms with Crippen LogP contribution in [0, 0.1) is 0 Å². The average molecular weight is 250 g/mol. The number of nitrogens with zero attached hydrogens (tertiary/aromatic N) is 2. The van der Waals surface area contributed by atoms with E-state index in [9.17, 15) is 0 Å². The van der Waals surface area contributed by atoms with Crippen molar-refractivity contribution in [2.45, 2.75) is 20.0 Å².